The Hall–Kier alpha value is -2.25. The molecule has 0 aliphatic carbocycles. The van der Waals surface area contributed by atoms with Crippen molar-refractivity contribution in [2.75, 3.05) is 13.1 Å². The zero-order chi connectivity index (χ0) is 18.7. The molecule has 1 N–H and O–H groups in total. The van der Waals surface area contributed by atoms with Gasteiger partial charge in [0.1, 0.15) is 6.61 Å². The molecule has 1 aliphatic heterocycles. The summed E-state index contributed by atoms with van der Waals surface area (Å²) in [6, 6.07) is 9.23. The standard InChI is InChI=1S/C19H25N3O4/c1-13(2)18-21-20-16(26-18)12-25-15-10-22(11-15)17(23)9-19(3,24)14-7-5-4-6-8-14/h4-8,13,15,24H,9-12H2,1-3H3. The average molecular weight is 359 g/mol. The Balaban J connectivity index is 1.43. The molecule has 3 rings (SSSR count). The van der Waals surface area contributed by atoms with Gasteiger partial charge in [-0.2, -0.15) is 0 Å². The van der Waals surface area contributed by atoms with E-state index in [-0.39, 0.29) is 31.0 Å². The fourth-order valence-electron chi connectivity index (χ4n) is 2.80. The molecule has 1 fully saturated rings. The van der Waals surface area contributed by atoms with Gasteiger partial charge >= 0.3 is 0 Å². The molecule has 1 unspecified atom stereocenters. The van der Waals surface area contributed by atoms with Gasteiger partial charge in [0.25, 0.3) is 0 Å². The largest absolute Gasteiger partial charge is 0.422 e. The van der Waals surface area contributed by atoms with E-state index in [2.05, 4.69) is 10.2 Å². The maximum atomic E-state index is 12.4. The number of hydrogen-bond acceptors (Lipinski definition) is 6. The van der Waals surface area contributed by atoms with Gasteiger partial charge in [0, 0.05) is 19.0 Å². The van der Waals surface area contributed by atoms with Crippen LogP contribution in [0.3, 0.4) is 0 Å². The van der Waals surface area contributed by atoms with Crippen LogP contribution in [0.15, 0.2) is 34.7 Å². The molecule has 1 amide bonds. The van der Waals surface area contributed by atoms with Crippen LogP contribution >= 0.6 is 0 Å². The topological polar surface area (TPSA) is 88.7 Å². The van der Waals surface area contributed by atoms with E-state index < -0.39 is 5.60 Å². The van der Waals surface area contributed by atoms with Gasteiger partial charge in [0.2, 0.25) is 17.7 Å². The first-order valence-electron chi connectivity index (χ1n) is 8.84. The highest BCUT2D eigenvalue weighted by atomic mass is 16.5. The lowest BCUT2D eigenvalue weighted by Gasteiger charge is -2.40. The SMILES string of the molecule is CC(C)c1nnc(COC2CN(C(=O)CC(C)(O)c3ccccc3)C2)o1. The first kappa shape index (κ1) is 18.5. The normalized spacial score (nSPS) is 17.2. The van der Waals surface area contributed by atoms with Gasteiger partial charge in [-0.1, -0.05) is 44.2 Å². The Bertz CT molecular complexity index is 736. The molecule has 1 atom stereocenters. The number of aliphatic hydroxyl groups is 1. The van der Waals surface area contributed by atoms with Crippen molar-refractivity contribution in [2.24, 2.45) is 0 Å². The van der Waals surface area contributed by atoms with Crippen LogP contribution in [0.5, 0.6) is 0 Å². The van der Waals surface area contributed by atoms with E-state index in [1.54, 1.807) is 11.8 Å². The minimum absolute atomic E-state index is 0.0463. The second-order valence-corrected chi connectivity index (χ2v) is 7.24. The first-order chi connectivity index (χ1) is 12.3. The Morgan fingerprint density at radius 2 is 2.04 bits per heavy atom. The molecule has 0 saturated carbocycles. The molecule has 1 aliphatic rings. The molecule has 0 spiro atoms. The monoisotopic (exact) mass is 359 g/mol. The predicted octanol–water partition coefficient (Wildman–Crippen LogP) is 2.22. The Labute approximate surface area is 153 Å². The third-order valence-corrected chi connectivity index (χ3v) is 4.51. The molecule has 2 aromatic rings. The molecule has 1 saturated heterocycles. The van der Waals surface area contributed by atoms with Crippen molar-refractivity contribution in [1.29, 1.82) is 0 Å². The molecular weight excluding hydrogens is 334 g/mol. The summed E-state index contributed by atoms with van der Waals surface area (Å²) in [6.07, 6.45) is 0.000493. The molecule has 7 heteroatoms. The van der Waals surface area contributed by atoms with E-state index in [0.29, 0.717) is 24.9 Å². The number of carbonyl (C=O) groups excluding carboxylic acids is 1. The highest BCUT2D eigenvalue weighted by Gasteiger charge is 2.35. The maximum Gasteiger partial charge on any atom is 0.242 e. The fourth-order valence-corrected chi connectivity index (χ4v) is 2.80. The van der Waals surface area contributed by atoms with Crippen LogP contribution in [-0.4, -0.2) is 45.3 Å². The highest BCUT2D eigenvalue weighted by molar-refractivity contribution is 5.78. The number of amides is 1. The van der Waals surface area contributed by atoms with Crippen molar-refractivity contribution in [3.8, 4) is 0 Å². The van der Waals surface area contributed by atoms with E-state index in [1.165, 1.54) is 0 Å². The summed E-state index contributed by atoms with van der Waals surface area (Å²) < 4.78 is 11.2. The minimum Gasteiger partial charge on any atom is -0.422 e. The number of nitrogens with zero attached hydrogens (tertiary/aromatic N) is 3. The fraction of sp³-hybridized carbons (Fsp3) is 0.526. The molecule has 7 nitrogen and oxygen atoms in total. The van der Waals surface area contributed by atoms with E-state index in [4.69, 9.17) is 9.15 Å². The van der Waals surface area contributed by atoms with Gasteiger partial charge in [-0.15, -0.1) is 10.2 Å². The van der Waals surface area contributed by atoms with E-state index in [1.807, 2.05) is 44.2 Å². The molecule has 140 valence electrons. The third kappa shape index (κ3) is 4.28. The van der Waals surface area contributed by atoms with Crippen molar-refractivity contribution in [3.63, 3.8) is 0 Å². The van der Waals surface area contributed by atoms with Gasteiger partial charge in [0.05, 0.1) is 18.1 Å². The molecule has 1 aromatic carbocycles. The summed E-state index contributed by atoms with van der Waals surface area (Å²) in [6.45, 7) is 6.89. The van der Waals surface area contributed by atoms with Crippen molar-refractivity contribution in [2.45, 2.75) is 51.4 Å². The number of benzene rings is 1. The van der Waals surface area contributed by atoms with Gasteiger partial charge in [-0.3, -0.25) is 4.79 Å². The van der Waals surface area contributed by atoms with Crippen molar-refractivity contribution in [3.05, 3.63) is 47.7 Å². The van der Waals surface area contributed by atoms with Crippen molar-refractivity contribution < 1.29 is 19.1 Å². The lowest BCUT2D eigenvalue weighted by Crippen LogP contribution is -2.55. The van der Waals surface area contributed by atoms with E-state index in [0.717, 1.165) is 5.56 Å². The summed E-state index contributed by atoms with van der Waals surface area (Å²) in [4.78, 5) is 14.1. The number of hydrogen-bond donors (Lipinski definition) is 1. The number of aromatic nitrogens is 2. The number of likely N-dealkylation sites (tertiary alicyclic amines) is 1. The highest BCUT2D eigenvalue weighted by Crippen LogP contribution is 2.26. The summed E-state index contributed by atoms with van der Waals surface area (Å²) in [7, 11) is 0. The van der Waals surface area contributed by atoms with Gasteiger partial charge in [-0.05, 0) is 12.5 Å². The van der Waals surface area contributed by atoms with Gasteiger partial charge < -0.3 is 19.2 Å². The zero-order valence-electron chi connectivity index (χ0n) is 15.4. The lowest BCUT2D eigenvalue weighted by molar-refractivity contribution is -0.151. The van der Waals surface area contributed by atoms with Crippen molar-refractivity contribution >= 4 is 5.91 Å². The van der Waals surface area contributed by atoms with Crippen LogP contribution in [0.1, 0.15) is 50.5 Å². The molecule has 0 radical (unpaired) electrons. The number of rotatable bonds is 7. The predicted molar refractivity (Wildman–Crippen MR) is 94.2 cm³/mol. The molecule has 0 bridgehead atoms. The summed E-state index contributed by atoms with van der Waals surface area (Å²) >= 11 is 0. The zero-order valence-corrected chi connectivity index (χ0v) is 15.4. The Morgan fingerprint density at radius 1 is 1.35 bits per heavy atom. The van der Waals surface area contributed by atoms with Crippen LogP contribution in [-0.2, 0) is 21.7 Å². The lowest BCUT2D eigenvalue weighted by atomic mass is 9.91. The van der Waals surface area contributed by atoms with Crippen molar-refractivity contribution in [1.82, 2.24) is 15.1 Å². The number of carbonyl (C=O) groups is 1. The van der Waals surface area contributed by atoms with E-state index >= 15 is 0 Å². The summed E-state index contributed by atoms with van der Waals surface area (Å²) in [5, 5.41) is 18.5. The van der Waals surface area contributed by atoms with Crippen LogP contribution in [0.4, 0.5) is 0 Å². The summed E-state index contributed by atoms with van der Waals surface area (Å²) in [5.41, 5.74) is -0.444. The van der Waals surface area contributed by atoms with Gasteiger partial charge in [0.15, 0.2) is 0 Å². The van der Waals surface area contributed by atoms with E-state index in [9.17, 15) is 9.90 Å². The third-order valence-electron chi connectivity index (χ3n) is 4.51. The molecule has 1 aromatic heterocycles. The van der Waals surface area contributed by atoms with Crippen LogP contribution < -0.4 is 0 Å². The second-order valence-electron chi connectivity index (χ2n) is 7.24. The van der Waals surface area contributed by atoms with Crippen LogP contribution in [0.2, 0.25) is 0 Å². The smallest absolute Gasteiger partial charge is 0.242 e. The Kier molecular flexibility index (Phi) is 5.38. The summed E-state index contributed by atoms with van der Waals surface area (Å²) in [5.74, 6) is 1.15. The average Bonchev–Trinajstić information content (AvgIpc) is 3.03. The molecular formula is C19H25N3O4. The molecule has 26 heavy (non-hydrogen) atoms. The Morgan fingerprint density at radius 3 is 2.65 bits per heavy atom. The first-order valence-corrected chi connectivity index (χ1v) is 8.84. The quantitative estimate of drug-likeness (QED) is 0.815. The van der Waals surface area contributed by atoms with Crippen LogP contribution in [0, 0.1) is 0 Å². The van der Waals surface area contributed by atoms with Crippen LogP contribution in [0.25, 0.3) is 0 Å². The molecule has 2 heterocycles. The second kappa shape index (κ2) is 7.55. The number of ether oxygens (including phenoxy) is 1. The maximum absolute atomic E-state index is 12.4. The van der Waals surface area contributed by atoms with Gasteiger partial charge in [-0.25, -0.2) is 0 Å². The minimum atomic E-state index is -1.18.